The molecule has 4 heavy (non-hydrogen) atoms. The molecule has 0 aromatic heterocycles. The first-order valence-electron chi connectivity index (χ1n) is 0.493. The monoisotopic (exact) mass is 123 g/mol. The molecule has 0 fully saturated rings. The van der Waals surface area contributed by atoms with E-state index in [-0.39, 0.29) is 19.5 Å². The fourth-order valence-electron chi connectivity index (χ4n) is 0. The summed E-state index contributed by atoms with van der Waals surface area (Å²) < 4.78 is 8.74. The van der Waals surface area contributed by atoms with E-state index in [1.807, 2.05) is 0 Å². The van der Waals surface area contributed by atoms with Gasteiger partial charge in [0.15, 0.2) is 0 Å². The van der Waals surface area contributed by atoms with Gasteiger partial charge in [-0.25, -0.2) is 0 Å². The van der Waals surface area contributed by atoms with Crippen molar-refractivity contribution in [1.82, 2.24) is 0 Å². The minimum Gasteiger partial charge on any atom is -0.103 e. The van der Waals surface area contributed by atoms with Crippen LogP contribution in [0, 0.1) is 0 Å². The van der Waals surface area contributed by atoms with E-state index >= 15 is 0 Å². The Labute approximate surface area is 40.5 Å². The average Bonchev–Trinajstić information content (AvgIpc) is 0.918. The second kappa shape index (κ2) is 9.21. The normalized spacial score (nSPS) is 5.00. The van der Waals surface area contributed by atoms with Crippen molar-refractivity contribution in [3.05, 3.63) is 0 Å². The maximum Gasteiger partial charge on any atom is 0.499 e. The van der Waals surface area contributed by atoms with Gasteiger partial charge in [-0.3, -0.25) is 0 Å². The molecule has 4 heteroatoms. The molecule has 0 saturated heterocycles. The average molecular weight is 124 g/mol. The van der Waals surface area contributed by atoms with E-state index < -0.39 is 8.34 Å². The molecule has 0 N–H and O–H groups in total. The van der Waals surface area contributed by atoms with E-state index in [4.69, 9.17) is 4.57 Å². The Balaban J connectivity index is 0. The molecule has 0 rings (SSSR count). The van der Waals surface area contributed by atoms with Crippen LogP contribution in [0.5, 0.6) is 0 Å². The van der Waals surface area contributed by atoms with Gasteiger partial charge in [-0.05, 0) is 0 Å². The van der Waals surface area contributed by atoms with Crippen LogP contribution in [0.1, 0.15) is 0 Å². The van der Waals surface area contributed by atoms with Crippen molar-refractivity contribution in [2.24, 2.45) is 0 Å². The standard InChI is InChI=1S/BHOP.Zn/c1-3-2;/h3H;/q+1;. The summed E-state index contributed by atoms with van der Waals surface area (Å²) in [6.45, 7) is 0. The molecule has 0 spiro atoms. The first-order valence-corrected chi connectivity index (χ1v) is 1.48. The van der Waals surface area contributed by atoms with Crippen molar-refractivity contribution in [2.45, 2.75) is 0 Å². The summed E-state index contributed by atoms with van der Waals surface area (Å²) in [5.41, 5.74) is 0. The maximum atomic E-state index is 8.74. The van der Waals surface area contributed by atoms with Crippen molar-refractivity contribution in [2.75, 3.05) is 0 Å². The van der Waals surface area contributed by atoms with E-state index in [0.29, 0.717) is 0 Å². The van der Waals surface area contributed by atoms with Crippen molar-refractivity contribution in [1.29, 1.82) is 0 Å². The van der Waals surface area contributed by atoms with E-state index in [0.717, 1.165) is 0 Å². The number of hydrogen-bond donors (Lipinski definition) is 0. The molecule has 0 saturated carbocycles. The summed E-state index contributed by atoms with van der Waals surface area (Å²) in [6.07, 6.45) is 0. The molecule has 0 heterocycles. The van der Waals surface area contributed by atoms with Crippen LogP contribution in [-0.2, 0) is 24.0 Å². The van der Waals surface area contributed by atoms with Gasteiger partial charge < -0.3 is 0 Å². The molecule has 0 aliphatic carbocycles. The van der Waals surface area contributed by atoms with Crippen LogP contribution in [0.3, 0.4) is 0 Å². The predicted molar refractivity (Wildman–Crippen MR) is 14.8 cm³/mol. The third kappa shape index (κ3) is 14.3. The van der Waals surface area contributed by atoms with E-state index in [2.05, 4.69) is 7.57 Å². The summed E-state index contributed by atoms with van der Waals surface area (Å²) >= 11 is 0. The molecule has 0 aliphatic rings. The van der Waals surface area contributed by atoms with Gasteiger partial charge in [-0.15, -0.1) is 4.57 Å². The third-order valence-electron chi connectivity index (χ3n) is 0. The zero-order valence-electron chi connectivity index (χ0n) is 2.19. The Morgan fingerprint density at radius 3 is 1.75 bits per heavy atom. The fraction of sp³-hybridized carbons (Fsp3) is 0. The van der Waals surface area contributed by atoms with Crippen LogP contribution >= 0.6 is 8.34 Å². The van der Waals surface area contributed by atoms with Crippen molar-refractivity contribution < 1.29 is 24.0 Å². The largest absolute Gasteiger partial charge is 0.499 e. The zero-order valence-corrected chi connectivity index (χ0v) is 6.16. The van der Waals surface area contributed by atoms with Gasteiger partial charge in [-0.1, -0.05) is 0 Å². The van der Waals surface area contributed by atoms with Crippen LogP contribution in [0.2, 0.25) is 0 Å². The quantitative estimate of drug-likeness (QED) is 0.330. The zero-order chi connectivity index (χ0) is 2.71. The van der Waals surface area contributed by atoms with Gasteiger partial charge >= 0.3 is 7.57 Å². The molecule has 16 valence electrons. The van der Waals surface area contributed by atoms with Crippen molar-refractivity contribution in [3.63, 3.8) is 0 Å². The van der Waals surface area contributed by atoms with E-state index in [9.17, 15) is 0 Å². The molecule has 1 atom stereocenters. The Morgan fingerprint density at radius 1 is 1.75 bits per heavy atom. The molecule has 0 amide bonds. The van der Waals surface area contributed by atoms with Gasteiger partial charge in [0.25, 0.3) is 0 Å². The summed E-state index contributed by atoms with van der Waals surface area (Å²) in [5.74, 6) is 0. The summed E-state index contributed by atoms with van der Waals surface area (Å²) in [6, 6.07) is 0. The van der Waals surface area contributed by atoms with Gasteiger partial charge in [-0.2, -0.15) is 0 Å². The van der Waals surface area contributed by atoms with Gasteiger partial charge in [0.2, 0.25) is 8.34 Å². The summed E-state index contributed by atoms with van der Waals surface area (Å²) in [7, 11) is 3.65. The minimum atomic E-state index is -0.667. The Kier molecular flexibility index (Phi) is 20.4. The van der Waals surface area contributed by atoms with Crippen molar-refractivity contribution in [3.8, 4) is 0 Å². The molecule has 0 bridgehead atoms. The third-order valence-corrected chi connectivity index (χ3v) is 0. The summed E-state index contributed by atoms with van der Waals surface area (Å²) in [5, 5.41) is 0. The Hall–Kier alpha value is 0.788. The molecular formula is HBOPZn+. The molecule has 1 nitrogen and oxygen atoms in total. The minimum absolute atomic E-state index is 0. The maximum absolute atomic E-state index is 8.74. The Morgan fingerprint density at radius 2 is 1.75 bits per heavy atom. The molecule has 2 radical (unpaired) electrons. The van der Waals surface area contributed by atoms with Crippen LogP contribution in [0.25, 0.3) is 0 Å². The first-order chi connectivity index (χ1) is 1.41. The number of hydrogen-bond acceptors (Lipinski definition) is 1. The van der Waals surface area contributed by atoms with Gasteiger partial charge in [0.1, 0.15) is 0 Å². The summed E-state index contributed by atoms with van der Waals surface area (Å²) in [4.78, 5) is 0. The smallest absolute Gasteiger partial charge is 0.103 e. The molecule has 0 aromatic carbocycles. The van der Waals surface area contributed by atoms with E-state index in [1.54, 1.807) is 0 Å². The van der Waals surface area contributed by atoms with Gasteiger partial charge in [0.05, 0.1) is 0 Å². The van der Waals surface area contributed by atoms with E-state index in [1.165, 1.54) is 0 Å². The fourth-order valence-corrected chi connectivity index (χ4v) is 0. The SMILES string of the molecule is [B][PH+]=O.[Zn]. The molecule has 1 unspecified atom stereocenters. The molecule has 0 aromatic rings. The Bertz CT molecular complexity index is 15.5. The van der Waals surface area contributed by atoms with Crippen molar-refractivity contribution >= 4 is 15.9 Å². The van der Waals surface area contributed by atoms with Gasteiger partial charge in [0, 0.05) is 19.5 Å². The van der Waals surface area contributed by atoms with Crippen LogP contribution in [0.15, 0.2) is 0 Å². The second-order valence-electron chi connectivity index (χ2n) is 0.118. The van der Waals surface area contributed by atoms with Crippen LogP contribution in [0.4, 0.5) is 0 Å². The molecule has 0 aliphatic heterocycles. The molecular weight excluding hydrogens is 123 g/mol. The first kappa shape index (κ1) is 8.84. The van der Waals surface area contributed by atoms with Crippen LogP contribution < -0.4 is 0 Å². The number of rotatable bonds is 0. The second-order valence-corrected chi connectivity index (χ2v) is 0.354. The van der Waals surface area contributed by atoms with Crippen LogP contribution in [-0.4, -0.2) is 7.57 Å². The predicted octanol–water partition coefficient (Wildman–Crippen LogP) is 0.0914. The topological polar surface area (TPSA) is 17.1 Å².